The van der Waals surface area contributed by atoms with Gasteiger partial charge in [-0.25, -0.2) is 0 Å². The number of rotatable bonds is 7. The van der Waals surface area contributed by atoms with Crippen LogP contribution in [0, 0.1) is 0 Å². The summed E-state index contributed by atoms with van der Waals surface area (Å²) in [6.07, 6.45) is 5.28. The lowest BCUT2D eigenvalue weighted by Crippen LogP contribution is -2.18. The molecule has 2 rings (SSSR count). The highest BCUT2D eigenvalue weighted by Gasteiger charge is 2.20. The molecule has 20 heavy (non-hydrogen) atoms. The molecule has 0 bridgehead atoms. The Bertz CT molecular complexity index is 442. The molecule has 0 amide bonds. The molecule has 0 saturated carbocycles. The first-order chi connectivity index (χ1) is 9.83. The van der Waals surface area contributed by atoms with Gasteiger partial charge in [0.05, 0.1) is 0 Å². The van der Waals surface area contributed by atoms with E-state index in [0.29, 0.717) is 5.40 Å². The Hall–Kier alpha value is -0.700. The molecular formula is C18H24P2. The van der Waals surface area contributed by atoms with Gasteiger partial charge in [0.15, 0.2) is 0 Å². The van der Waals surface area contributed by atoms with E-state index in [1.54, 1.807) is 0 Å². The van der Waals surface area contributed by atoms with Gasteiger partial charge in [0.2, 0.25) is 0 Å². The molecule has 2 aromatic rings. The molecule has 0 N–H and O–H groups in total. The maximum Gasteiger partial charge on any atom is 0.00179 e. The zero-order chi connectivity index (χ0) is 14.2. The first-order valence-electron chi connectivity index (χ1n) is 7.48. The Morgan fingerprint density at radius 1 is 0.850 bits per heavy atom. The summed E-state index contributed by atoms with van der Waals surface area (Å²) < 4.78 is 0. The van der Waals surface area contributed by atoms with Crippen LogP contribution in [-0.4, -0.2) is 5.40 Å². The van der Waals surface area contributed by atoms with E-state index < -0.39 is 0 Å². The zero-order valence-electron chi connectivity index (χ0n) is 12.2. The second kappa shape index (κ2) is 8.56. The predicted molar refractivity (Wildman–Crippen MR) is 96.7 cm³/mol. The number of hydrogen-bond acceptors (Lipinski definition) is 0. The molecule has 0 spiro atoms. The summed E-state index contributed by atoms with van der Waals surface area (Å²) in [6.45, 7) is 2.27. The minimum absolute atomic E-state index is 0.266. The Balaban J connectivity index is 2.21. The summed E-state index contributed by atoms with van der Waals surface area (Å²) in [6, 6.07) is 22.0. The van der Waals surface area contributed by atoms with E-state index in [4.69, 9.17) is 0 Å². The Morgan fingerprint density at radius 3 is 1.80 bits per heavy atom. The van der Waals surface area contributed by atoms with Crippen molar-refractivity contribution in [3.63, 3.8) is 0 Å². The standard InChI is InChI=1S/C18H24P2/c1-2-3-6-15-18(19)20(16-11-7-4-8-12-16)17-13-9-5-10-14-17/h4-5,7-14,18H,2-3,6,15,19H2,1H3. The lowest BCUT2D eigenvalue weighted by molar-refractivity contribution is 0.695. The van der Waals surface area contributed by atoms with Gasteiger partial charge in [0, 0.05) is 5.40 Å². The van der Waals surface area contributed by atoms with E-state index in [1.165, 1.54) is 36.3 Å². The normalized spacial score (nSPS) is 12.6. The number of hydrogen-bond donors (Lipinski definition) is 0. The monoisotopic (exact) mass is 302 g/mol. The Morgan fingerprint density at radius 2 is 1.35 bits per heavy atom. The highest BCUT2D eigenvalue weighted by atomic mass is 31.2. The molecule has 106 valence electrons. The molecule has 2 aromatic carbocycles. The van der Waals surface area contributed by atoms with Crippen LogP contribution in [-0.2, 0) is 0 Å². The van der Waals surface area contributed by atoms with Crippen molar-refractivity contribution < 1.29 is 0 Å². The number of unbranched alkanes of at least 4 members (excludes halogenated alkanes) is 2. The van der Waals surface area contributed by atoms with Crippen LogP contribution >= 0.6 is 17.2 Å². The second-order valence-corrected chi connectivity index (χ2v) is 8.91. The molecule has 2 heteroatoms. The third kappa shape index (κ3) is 4.41. The van der Waals surface area contributed by atoms with Crippen molar-refractivity contribution in [2.45, 2.75) is 38.0 Å². The van der Waals surface area contributed by atoms with E-state index >= 15 is 0 Å². The molecule has 0 aliphatic heterocycles. The summed E-state index contributed by atoms with van der Waals surface area (Å²) in [5.41, 5.74) is 0. The van der Waals surface area contributed by atoms with Crippen LogP contribution in [0.5, 0.6) is 0 Å². The van der Waals surface area contributed by atoms with Crippen molar-refractivity contribution in [3.05, 3.63) is 60.7 Å². The summed E-state index contributed by atoms with van der Waals surface area (Å²) >= 11 is 0. The fourth-order valence-electron chi connectivity index (χ4n) is 2.44. The van der Waals surface area contributed by atoms with Crippen molar-refractivity contribution >= 4 is 27.8 Å². The van der Waals surface area contributed by atoms with E-state index in [9.17, 15) is 0 Å². The third-order valence-electron chi connectivity index (χ3n) is 3.50. The quantitative estimate of drug-likeness (QED) is 0.504. The van der Waals surface area contributed by atoms with Crippen LogP contribution in [0.25, 0.3) is 0 Å². The number of benzene rings is 2. The van der Waals surface area contributed by atoms with Gasteiger partial charge in [0.25, 0.3) is 0 Å². The van der Waals surface area contributed by atoms with Crippen LogP contribution in [0.4, 0.5) is 0 Å². The molecule has 0 aliphatic rings. The third-order valence-corrected chi connectivity index (χ3v) is 7.36. The van der Waals surface area contributed by atoms with Crippen molar-refractivity contribution in [1.82, 2.24) is 0 Å². The largest absolute Gasteiger partial charge is 0.129 e. The van der Waals surface area contributed by atoms with Gasteiger partial charge in [-0.1, -0.05) is 86.8 Å². The van der Waals surface area contributed by atoms with E-state index in [0.717, 1.165) is 0 Å². The van der Waals surface area contributed by atoms with Crippen molar-refractivity contribution in [1.29, 1.82) is 0 Å². The van der Waals surface area contributed by atoms with Crippen LogP contribution in [0.15, 0.2) is 60.7 Å². The van der Waals surface area contributed by atoms with E-state index in [1.807, 2.05) is 0 Å². The van der Waals surface area contributed by atoms with Crippen molar-refractivity contribution in [2.24, 2.45) is 0 Å². The predicted octanol–water partition coefficient (Wildman–Crippen LogP) is 4.90. The minimum atomic E-state index is -0.266. The van der Waals surface area contributed by atoms with Crippen LogP contribution in [0.2, 0.25) is 0 Å². The minimum Gasteiger partial charge on any atom is -0.129 e. The van der Waals surface area contributed by atoms with Crippen LogP contribution < -0.4 is 10.6 Å². The molecule has 0 heterocycles. The molecule has 0 fully saturated rings. The van der Waals surface area contributed by atoms with Crippen molar-refractivity contribution in [3.8, 4) is 0 Å². The summed E-state index contributed by atoms with van der Waals surface area (Å²) in [4.78, 5) is 0. The molecule has 2 atom stereocenters. The molecular weight excluding hydrogens is 278 g/mol. The summed E-state index contributed by atoms with van der Waals surface area (Å²) in [5, 5.41) is 3.65. The van der Waals surface area contributed by atoms with Gasteiger partial charge < -0.3 is 0 Å². The van der Waals surface area contributed by atoms with Gasteiger partial charge >= 0.3 is 0 Å². The lowest BCUT2D eigenvalue weighted by Gasteiger charge is -2.25. The average Bonchev–Trinajstić information content (AvgIpc) is 2.50. The van der Waals surface area contributed by atoms with Crippen LogP contribution in [0.1, 0.15) is 32.6 Å². The second-order valence-electron chi connectivity index (χ2n) is 5.10. The van der Waals surface area contributed by atoms with E-state index in [2.05, 4.69) is 76.8 Å². The van der Waals surface area contributed by atoms with Gasteiger partial charge in [-0.15, -0.1) is 9.24 Å². The van der Waals surface area contributed by atoms with Crippen LogP contribution in [0.3, 0.4) is 0 Å². The summed E-state index contributed by atoms with van der Waals surface area (Å²) in [7, 11) is 2.85. The highest BCUT2D eigenvalue weighted by molar-refractivity contribution is 7.78. The Labute approximate surface area is 127 Å². The molecule has 0 nitrogen and oxygen atoms in total. The van der Waals surface area contributed by atoms with Crippen molar-refractivity contribution in [2.75, 3.05) is 0 Å². The van der Waals surface area contributed by atoms with Gasteiger partial charge in [-0.3, -0.25) is 0 Å². The average molecular weight is 302 g/mol. The fourth-order valence-corrected chi connectivity index (χ4v) is 6.20. The SMILES string of the molecule is CCCCCC(P)P(c1ccccc1)c1ccccc1. The van der Waals surface area contributed by atoms with Gasteiger partial charge in [-0.2, -0.15) is 0 Å². The van der Waals surface area contributed by atoms with E-state index in [-0.39, 0.29) is 7.92 Å². The highest BCUT2D eigenvalue weighted by Crippen LogP contribution is 2.45. The Kier molecular flexibility index (Phi) is 6.71. The first-order valence-corrected chi connectivity index (χ1v) is 9.55. The smallest absolute Gasteiger partial charge is 0.00179 e. The molecule has 0 saturated heterocycles. The lowest BCUT2D eigenvalue weighted by atomic mass is 10.2. The fraction of sp³-hybridized carbons (Fsp3) is 0.333. The first kappa shape index (κ1) is 15.7. The van der Waals surface area contributed by atoms with Gasteiger partial charge in [-0.05, 0) is 25.0 Å². The maximum absolute atomic E-state index is 3.12. The maximum atomic E-state index is 3.12. The van der Waals surface area contributed by atoms with Gasteiger partial charge in [0.1, 0.15) is 0 Å². The topological polar surface area (TPSA) is 0 Å². The summed E-state index contributed by atoms with van der Waals surface area (Å²) in [5.74, 6) is 0. The molecule has 2 unspecified atom stereocenters. The zero-order valence-corrected chi connectivity index (χ0v) is 14.3. The molecule has 0 radical (unpaired) electrons. The molecule has 0 aromatic heterocycles. The molecule has 0 aliphatic carbocycles.